The van der Waals surface area contributed by atoms with E-state index in [9.17, 15) is 18.8 Å². The molecule has 2 bridgehead atoms. The van der Waals surface area contributed by atoms with Gasteiger partial charge in [0.15, 0.2) is 11.5 Å². The maximum Gasteiger partial charge on any atom is 0.339 e. The van der Waals surface area contributed by atoms with Gasteiger partial charge >= 0.3 is 5.97 Å². The van der Waals surface area contributed by atoms with E-state index in [-0.39, 0.29) is 39.5 Å². The van der Waals surface area contributed by atoms with Gasteiger partial charge in [-0.2, -0.15) is 0 Å². The van der Waals surface area contributed by atoms with Crippen molar-refractivity contribution in [1.82, 2.24) is 25.3 Å². The molecule has 11 nitrogen and oxygen atoms in total. The van der Waals surface area contributed by atoms with E-state index >= 15 is 0 Å². The van der Waals surface area contributed by atoms with Crippen LogP contribution in [0, 0.1) is 18.7 Å². The molecule has 2 amide bonds. The van der Waals surface area contributed by atoms with Crippen LogP contribution in [0.3, 0.4) is 0 Å². The second kappa shape index (κ2) is 12.2. The Hall–Kier alpha value is -4.84. The maximum absolute atomic E-state index is 14.7. The SMILES string of the molecule is COC(=O)c1cc2c(cc1N)NC(=O)[C@H](C)CCC[C@H](NC(=O)c1nnn(-c3cccc(Cl)c3F)c1C)c1cc-2ccn1. The first kappa shape index (κ1) is 29.6. The van der Waals surface area contributed by atoms with Crippen molar-refractivity contribution in [2.45, 2.75) is 39.2 Å². The highest BCUT2D eigenvalue weighted by atomic mass is 35.5. The molecule has 4 aromatic rings. The van der Waals surface area contributed by atoms with Gasteiger partial charge in [0.25, 0.3) is 5.91 Å². The fourth-order valence-corrected chi connectivity index (χ4v) is 5.18. The summed E-state index contributed by atoms with van der Waals surface area (Å²) < 4.78 is 20.8. The number of nitrogens with one attached hydrogen (secondary N) is 2. The number of ether oxygens (including phenoxy) is 1. The molecule has 4 N–H and O–H groups in total. The Morgan fingerprint density at radius 1 is 1.21 bits per heavy atom. The summed E-state index contributed by atoms with van der Waals surface area (Å²) in [6.45, 7) is 3.42. The monoisotopic (exact) mass is 605 g/mol. The van der Waals surface area contributed by atoms with Crippen molar-refractivity contribution in [2.24, 2.45) is 5.92 Å². The van der Waals surface area contributed by atoms with Crippen LogP contribution in [0.15, 0.2) is 48.7 Å². The van der Waals surface area contributed by atoms with Crippen LogP contribution < -0.4 is 16.4 Å². The molecule has 5 rings (SSSR count). The van der Waals surface area contributed by atoms with Gasteiger partial charge in [-0.05, 0) is 61.7 Å². The Morgan fingerprint density at radius 2 is 2.00 bits per heavy atom. The van der Waals surface area contributed by atoms with Crippen LogP contribution in [0.5, 0.6) is 0 Å². The number of halogens is 2. The molecular weight excluding hydrogens is 577 g/mol. The summed E-state index contributed by atoms with van der Waals surface area (Å²) in [5.74, 6) is -2.39. The molecule has 2 aromatic heterocycles. The van der Waals surface area contributed by atoms with Crippen LogP contribution in [0.4, 0.5) is 15.8 Å². The second-order valence-corrected chi connectivity index (χ2v) is 10.7. The van der Waals surface area contributed by atoms with Crippen LogP contribution in [0.25, 0.3) is 16.8 Å². The number of carbonyl (C=O) groups is 3. The summed E-state index contributed by atoms with van der Waals surface area (Å²) in [4.78, 5) is 43.5. The molecule has 0 fully saturated rings. The van der Waals surface area contributed by atoms with Crippen LogP contribution in [-0.2, 0) is 9.53 Å². The number of hydrogen-bond donors (Lipinski definition) is 3. The highest BCUT2D eigenvalue weighted by Crippen LogP contribution is 2.35. The van der Waals surface area contributed by atoms with Crippen LogP contribution in [0.1, 0.15) is 64.5 Å². The van der Waals surface area contributed by atoms with E-state index in [0.717, 1.165) is 0 Å². The Balaban J connectivity index is 1.53. The summed E-state index contributed by atoms with van der Waals surface area (Å²) in [5, 5.41) is 13.9. The zero-order valence-corrected chi connectivity index (χ0v) is 24.4. The van der Waals surface area contributed by atoms with Gasteiger partial charge in [-0.3, -0.25) is 14.6 Å². The van der Waals surface area contributed by atoms with E-state index in [2.05, 4.69) is 25.9 Å². The van der Waals surface area contributed by atoms with Crippen LogP contribution in [0.2, 0.25) is 5.02 Å². The quantitative estimate of drug-likeness (QED) is 0.216. The van der Waals surface area contributed by atoms with Gasteiger partial charge in [-0.15, -0.1) is 5.10 Å². The number of rotatable bonds is 4. The summed E-state index contributed by atoms with van der Waals surface area (Å²) in [7, 11) is 1.26. The van der Waals surface area contributed by atoms with E-state index in [1.54, 1.807) is 37.4 Å². The van der Waals surface area contributed by atoms with Crippen molar-refractivity contribution >= 4 is 40.8 Å². The van der Waals surface area contributed by atoms with Crippen molar-refractivity contribution in [3.8, 4) is 16.8 Å². The molecule has 0 radical (unpaired) electrons. The number of carbonyl (C=O) groups excluding carboxylic acids is 3. The van der Waals surface area contributed by atoms with E-state index in [4.69, 9.17) is 22.1 Å². The number of nitrogen functional groups attached to an aromatic ring is 1. The van der Waals surface area contributed by atoms with Crippen LogP contribution in [-0.4, -0.2) is 44.9 Å². The Labute approximate surface area is 251 Å². The number of aromatic nitrogens is 4. The van der Waals surface area contributed by atoms with Gasteiger partial charge in [0.05, 0.1) is 40.8 Å². The lowest BCUT2D eigenvalue weighted by Crippen LogP contribution is -2.30. The maximum atomic E-state index is 14.7. The minimum absolute atomic E-state index is 0.0120. The molecule has 43 heavy (non-hydrogen) atoms. The standard InChI is InChI=1S/C30H29ClFN7O4/c1-15-6-4-8-22(35-29(41)27-16(2)39(38-37-27)25-9-5-7-20(31)26(25)32)24-12-17(10-11-34-24)18-13-19(30(42)43-3)21(33)14-23(18)36-28(15)40/h5,7,9-15,22H,4,6,8,33H2,1-3H3,(H,35,41)(H,36,40)/t15-,22+/m1/s1. The highest BCUT2D eigenvalue weighted by molar-refractivity contribution is 6.30. The average Bonchev–Trinajstić information content (AvgIpc) is 3.38. The molecular formula is C30H29ClFN7O4. The van der Waals surface area contributed by atoms with Crippen molar-refractivity contribution in [1.29, 1.82) is 0 Å². The first-order valence-corrected chi connectivity index (χ1v) is 13.9. The summed E-state index contributed by atoms with van der Waals surface area (Å²) in [6, 6.07) is 10.5. The van der Waals surface area contributed by atoms with Gasteiger partial charge < -0.3 is 21.1 Å². The number of methoxy groups -OCH3 is 1. The number of nitrogens with zero attached hydrogens (tertiary/aromatic N) is 4. The lowest BCUT2D eigenvalue weighted by molar-refractivity contribution is -0.119. The predicted octanol–water partition coefficient (Wildman–Crippen LogP) is 5.03. The topological polar surface area (TPSA) is 154 Å². The molecule has 0 unspecified atom stereocenters. The molecule has 2 aromatic carbocycles. The van der Waals surface area contributed by atoms with Crippen molar-refractivity contribution in [3.05, 3.63) is 82.1 Å². The first-order chi connectivity index (χ1) is 20.6. The molecule has 3 heterocycles. The van der Waals surface area contributed by atoms with E-state index in [1.807, 2.05) is 6.92 Å². The van der Waals surface area contributed by atoms with E-state index in [1.165, 1.54) is 30.0 Å². The molecule has 2 atom stereocenters. The third-order valence-electron chi connectivity index (χ3n) is 7.45. The zero-order valence-electron chi connectivity index (χ0n) is 23.6. The third-order valence-corrected chi connectivity index (χ3v) is 7.75. The summed E-state index contributed by atoms with van der Waals surface area (Å²) >= 11 is 5.94. The first-order valence-electron chi connectivity index (χ1n) is 13.6. The predicted molar refractivity (Wildman–Crippen MR) is 158 cm³/mol. The number of fused-ring (bicyclic) bond motifs is 4. The minimum atomic E-state index is -0.681. The Kier molecular flexibility index (Phi) is 8.40. The molecule has 1 aliphatic heterocycles. The third kappa shape index (κ3) is 5.91. The van der Waals surface area contributed by atoms with Gasteiger partial charge in [0.2, 0.25) is 5.91 Å². The van der Waals surface area contributed by atoms with E-state index in [0.29, 0.717) is 47.5 Å². The molecule has 1 aliphatic rings. The lowest BCUT2D eigenvalue weighted by Gasteiger charge is -2.22. The highest BCUT2D eigenvalue weighted by Gasteiger charge is 2.26. The number of hydrogen-bond acceptors (Lipinski definition) is 8. The van der Waals surface area contributed by atoms with Crippen LogP contribution >= 0.6 is 11.6 Å². The smallest absolute Gasteiger partial charge is 0.339 e. The summed E-state index contributed by atoms with van der Waals surface area (Å²) in [5.41, 5.74) is 9.00. The fourth-order valence-electron chi connectivity index (χ4n) is 5.01. The number of nitrogens with two attached hydrogens (primary N) is 1. The van der Waals surface area contributed by atoms with Crippen molar-refractivity contribution in [2.75, 3.05) is 18.2 Å². The number of esters is 1. The van der Waals surface area contributed by atoms with Gasteiger partial charge in [-0.1, -0.05) is 36.2 Å². The van der Waals surface area contributed by atoms with Gasteiger partial charge in [0, 0.05) is 23.4 Å². The van der Waals surface area contributed by atoms with Crippen molar-refractivity contribution < 1.29 is 23.5 Å². The van der Waals surface area contributed by atoms with Gasteiger partial charge in [0.1, 0.15) is 5.69 Å². The average molecular weight is 606 g/mol. The molecule has 0 spiro atoms. The number of anilines is 2. The number of amides is 2. The number of benzene rings is 2. The molecule has 13 heteroatoms. The van der Waals surface area contributed by atoms with E-state index < -0.39 is 23.7 Å². The number of pyridine rings is 1. The summed E-state index contributed by atoms with van der Waals surface area (Å²) in [6.07, 6.45) is 3.19. The molecule has 0 saturated carbocycles. The van der Waals surface area contributed by atoms with Gasteiger partial charge in [-0.25, -0.2) is 13.9 Å². The molecule has 222 valence electrons. The Morgan fingerprint density at radius 3 is 2.77 bits per heavy atom. The second-order valence-electron chi connectivity index (χ2n) is 10.3. The fraction of sp³-hybridized carbons (Fsp3) is 0.267. The normalized spacial score (nSPS) is 16.7. The zero-order chi connectivity index (χ0) is 30.8. The largest absolute Gasteiger partial charge is 0.465 e. The Bertz CT molecular complexity index is 1740. The molecule has 0 aliphatic carbocycles. The lowest BCUT2D eigenvalue weighted by atomic mass is 9.94. The van der Waals surface area contributed by atoms with Crippen molar-refractivity contribution in [3.63, 3.8) is 0 Å². The molecule has 0 saturated heterocycles. The minimum Gasteiger partial charge on any atom is -0.465 e.